The Morgan fingerprint density at radius 1 is 1.03 bits per heavy atom. The molecule has 5 rings (SSSR count). The molecule has 1 atom stereocenters. The second-order valence-electron chi connectivity index (χ2n) is 9.72. The van der Waals surface area contributed by atoms with E-state index < -0.39 is 11.7 Å². The summed E-state index contributed by atoms with van der Waals surface area (Å²) in [7, 11) is 0. The van der Waals surface area contributed by atoms with Gasteiger partial charge in [-0.3, -0.25) is 9.88 Å². The van der Waals surface area contributed by atoms with Crippen molar-refractivity contribution in [2.45, 2.75) is 38.6 Å². The van der Waals surface area contributed by atoms with E-state index in [4.69, 9.17) is 20.2 Å². The molecule has 3 aromatic heterocycles. The van der Waals surface area contributed by atoms with E-state index in [0.717, 1.165) is 31.8 Å². The number of aromatic nitrogens is 4. The molecular formula is C26H30F3N7O2. The van der Waals surface area contributed by atoms with E-state index in [9.17, 15) is 13.2 Å². The lowest BCUT2D eigenvalue weighted by atomic mass is 10.0. The Morgan fingerprint density at radius 3 is 2.50 bits per heavy atom. The first-order valence-corrected chi connectivity index (χ1v) is 12.6. The quantitative estimate of drug-likeness (QED) is 0.509. The fourth-order valence-corrected chi connectivity index (χ4v) is 4.67. The normalized spacial score (nSPS) is 18.8. The van der Waals surface area contributed by atoms with Crippen molar-refractivity contribution in [1.29, 1.82) is 0 Å². The summed E-state index contributed by atoms with van der Waals surface area (Å²) in [6.45, 7) is 8.08. The maximum absolute atomic E-state index is 13.9. The molecule has 2 N–H and O–H groups in total. The summed E-state index contributed by atoms with van der Waals surface area (Å²) in [5.41, 5.74) is 5.63. The zero-order chi connectivity index (χ0) is 26.9. The summed E-state index contributed by atoms with van der Waals surface area (Å²) in [5.74, 6) is 0.664. The summed E-state index contributed by atoms with van der Waals surface area (Å²) < 4.78 is 53.4. The predicted molar refractivity (Wildman–Crippen MR) is 137 cm³/mol. The lowest BCUT2D eigenvalue weighted by Crippen LogP contribution is -2.37. The molecule has 9 nitrogen and oxygen atoms in total. The van der Waals surface area contributed by atoms with Gasteiger partial charge in [-0.25, -0.2) is 15.0 Å². The molecule has 2 aliphatic heterocycles. The molecule has 0 spiro atoms. The Bertz CT molecular complexity index is 1280. The number of halogens is 3. The fraction of sp³-hybridized carbons (Fsp3) is 0.462. The van der Waals surface area contributed by atoms with E-state index in [1.165, 1.54) is 6.07 Å². The third kappa shape index (κ3) is 5.81. The maximum atomic E-state index is 13.9. The van der Waals surface area contributed by atoms with Crippen LogP contribution in [-0.4, -0.2) is 76.4 Å². The van der Waals surface area contributed by atoms with Gasteiger partial charge in [-0.15, -0.1) is 0 Å². The van der Waals surface area contributed by atoms with E-state index in [0.29, 0.717) is 55.3 Å². The summed E-state index contributed by atoms with van der Waals surface area (Å²) in [6, 6.07) is 4.59. The summed E-state index contributed by atoms with van der Waals surface area (Å²) in [4.78, 5) is 21.7. The molecule has 38 heavy (non-hydrogen) atoms. The predicted octanol–water partition coefficient (Wildman–Crippen LogP) is 3.90. The van der Waals surface area contributed by atoms with Gasteiger partial charge in [-0.2, -0.15) is 13.2 Å². The van der Waals surface area contributed by atoms with Gasteiger partial charge in [0.05, 0.1) is 36.4 Å². The topological polar surface area (TPSA) is 103 Å². The van der Waals surface area contributed by atoms with Crippen molar-refractivity contribution in [2.24, 2.45) is 0 Å². The molecule has 0 bridgehead atoms. The summed E-state index contributed by atoms with van der Waals surface area (Å²) >= 11 is 0. The number of alkyl halides is 3. The third-order valence-corrected chi connectivity index (χ3v) is 6.73. The van der Waals surface area contributed by atoms with E-state index in [-0.39, 0.29) is 23.2 Å². The molecule has 12 heteroatoms. The molecule has 5 heterocycles. The van der Waals surface area contributed by atoms with Gasteiger partial charge in [0.15, 0.2) is 0 Å². The van der Waals surface area contributed by atoms with Crippen LogP contribution in [-0.2, 0) is 10.9 Å². The number of likely N-dealkylation sites (tertiary alicyclic amines) is 1. The van der Waals surface area contributed by atoms with Gasteiger partial charge in [0, 0.05) is 55.7 Å². The minimum absolute atomic E-state index is 0.0366. The highest BCUT2D eigenvalue weighted by atomic mass is 19.4. The molecule has 2 fully saturated rings. The van der Waals surface area contributed by atoms with E-state index >= 15 is 0 Å². The Kier molecular flexibility index (Phi) is 7.35. The molecule has 2 saturated heterocycles. The van der Waals surface area contributed by atoms with Gasteiger partial charge in [0.25, 0.3) is 0 Å². The molecule has 3 aromatic rings. The van der Waals surface area contributed by atoms with E-state index in [2.05, 4.69) is 33.7 Å². The number of morpholine rings is 1. The SMILES string of the molecule is CC(C)N1CCC(Oc2cncc(-c3cc(-c4cnc(N)cc4C(F)(F)F)nc(N4CCOCC4)n3)c2)C1. The molecular weight excluding hydrogens is 499 g/mol. The van der Waals surface area contributed by atoms with Crippen LogP contribution in [0.25, 0.3) is 22.5 Å². The number of ether oxygens (including phenoxy) is 2. The Hall–Kier alpha value is -3.51. The molecule has 0 aliphatic carbocycles. The van der Waals surface area contributed by atoms with E-state index in [1.54, 1.807) is 12.4 Å². The highest BCUT2D eigenvalue weighted by molar-refractivity contribution is 5.72. The van der Waals surface area contributed by atoms with Crippen LogP contribution in [0.2, 0.25) is 0 Å². The highest BCUT2D eigenvalue weighted by Gasteiger charge is 2.35. The van der Waals surface area contributed by atoms with Crippen LogP contribution < -0.4 is 15.4 Å². The van der Waals surface area contributed by atoms with Crippen LogP contribution in [0, 0.1) is 0 Å². The van der Waals surface area contributed by atoms with Crippen molar-refractivity contribution >= 4 is 11.8 Å². The van der Waals surface area contributed by atoms with Gasteiger partial charge < -0.3 is 20.1 Å². The minimum Gasteiger partial charge on any atom is -0.487 e. The Balaban J connectivity index is 1.53. The molecule has 0 radical (unpaired) electrons. The second-order valence-corrected chi connectivity index (χ2v) is 9.72. The van der Waals surface area contributed by atoms with Gasteiger partial charge in [0.2, 0.25) is 5.95 Å². The van der Waals surface area contributed by atoms with Crippen LogP contribution in [0.4, 0.5) is 24.9 Å². The zero-order valence-electron chi connectivity index (χ0n) is 21.3. The second kappa shape index (κ2) is 10.7. The van der Waals surface area contributed by atoms with Crippen molar-refractivity contribution in [3.63, 3.8) is 0 Å². The average molecular weight is 530 g/mol. The van der Waals surface area contributed by atoms with Crippen LogP contribution in [0.3, 0.4) is 0 Å². The Labute approximate surface area is 218 Å². The monoisotopic (exact) mass is 529 g/mol. The number of nitrogens with zero attached hydrogens (tertiary/aromatic N) is 6. The molecule has 0 amide bonds. The Morgan fingerprint density at radius 2 is 1.79 bits per heavy atom. The van der Waals surface area contributed by atoms with Gasteiger partial charge in [-0.05, 0) is 38.5 Å². The molecule has 1 unspecified atom stereocenters. The van der Waals surface area contributed by atoms with E-state index in [1.807, 2.05) is 11.0 Å². The van der Waals surface area contributed by atoms with Crippen molar-refractivity contribution in [2.75, 3.05) is 50.0 Å². The number of hydrogen-bond donors (Lipinski definition) is 1. The van der Waals surface area contributed by atoms with Crippen molar-refractivity contribution in [3.8, 4) is 28.3 Å². The van der Waals surface area contributed by atoms with Gasteiger partial charge in [0.1, 0.15) is 17.7 Å². The van der Waals surface area contributed by atoms with Crippen molar-refractivity contribution < 1.29 is 22.6 Å². The first kappa shape index (κ1) is 26.1. The highest BCUT2D eigenvalue weighted by Crippen LogP contribution is 2.38. The lowest BCUT2D eigenvalue weighted by molar-refractivity contribution is -0.137. The third-order valence-electron chi connectivity index (χ3n) is 6.73. The average Bonchev–Trinajstić information content (AvgIpc) is 3.37. The minimum atomic E-state index is -4.64. The first-order valence-electron chi connectivity index (χ1n) is 12.6. The van der Waals surface area contributed by atoms with Crippen LogP contribution in [0.15, 0.2) is 36.8 Å². The van der Waals surface area contributed by atoms with Crippen LogP contribution in [0.5, 0.6) is 5.75 Å². The first-order chi connectivity index (χ1) is 18.2. The molecule has 2 aliphatic rings. The summed E-state index contributed by atoms with van der Waals surface area (Å²) in [5, 5.41) is 0. The molecule has 0 aromatic carbocycles. The largest absolute Gasteiger partial charge is 0.487 e. The van der Waals surface area contributed by atoms with Crippen molar-refractivity contribution in [3.05, 3.63) is 42.4 Å². The maximum Gasteiger partial charge on any atom is 0.417 e. The van der Waals surface area contributed by atoms with Gasteiger partial charge in [-0.1, -0.05) is 0 Å². The zero-order valence-corrected chi connectivity index (χ0v) is 21.3. The number of rotatable bonds is 6. The number of pyridine rings is 2. The lowest BCUT2D eigenvalue weighted by Gasteiger charge is -2.27. The number of hydrogen-bond acceptors (Lipinski definition) is 9. The molecule has 202 valence electrons. The van der Waals surface area contributed by atoms with Gasteiger partial charge >= 0.3 is 6.18 Å². The smallest absolute Gasteiger partial charge is 0.417 e. The van der Waals surface area contributed by atoms with Crippen molar-refractivity contribution in [1.82, 2.24) is 24.8 Å². The number of nitrogens with two attached hydrogens (primary N) is 1. The standard InChI is InChI=1S/C26H30F3N7O2/c1-16(2)36-4-3-18(15-36)38-19-9-17(12-31-13-19)22-11-23(34-25(33-22)35-5-7-37-8-6-35)20-14-32-24(30)10-21(20)26(27,28)29/h9-14,16,18H,3-8,15H2,1-2H3,(H2,30,32). The summed E-state index contributed by atoms with van der Waals surface area (Å²) in [6.07, 6.45) is 0.657. The molecule has 0 saturated carbocycles. The van der Waals surface area contributed by atoms with Crippen LogP contribution in [0.1, 0.15) is 25.8 Å². The van der Waals surface area contributed by atoms with Crippen LogP contribution >= 0.6 is 0 Å². The number of anilines is 2. The number of nitrogen functional groups attached to an aromatic ring is 1. The fourth-order valence-electron chi connectivity index (χ4n) is 4.67.